The highest BCUT2D eigenvalue weighted by atomic mass is 16.6. The molecule has 0 aromatic heterocycles. The van der Waals surface area contributed by atoms with Crippen molar-refractivity contribution in [2.45, 2.75) is 19.4 Å². The molecule has 1 aromatic carbocycles. The third-order valence-electron chi connectivity index (χ3n) is 4.06. The lowest BCUT2D eigenvalue weighted by Gasteiger charge is -2.24. The molecule has 1 unspecified atom stereocenters. The summed E-state index contributed by atoms with van der Waals surface area (Å²) in [7, 11) is 1.54. The molecule has 2 rings (SSSR count). The summed E-state index contributed by atoms with van der Waals surface area (Å²) < 4.78 is 10.2. The van der Waals surface area contributed by atoms with Crippen molar-refractivity contribution in [1.82, 2.24) is 4.90 Å². The molecule has 1 heterocycles. The standard InChI is InChI=1S/C16H21NO5/c1-21-10-8-16(14(18)19)7-9-17(12-16)15(20)22-11-13-5-3-2-4-6-13/h2-6H,7-12H2,1H3,(H,18,19). The van der Waals surface area contributed by atoms with Crippen LogP contribution >= 0.6 is 0 Å². The highest BCUT2D eigenvalue weighted by molar-refractivity contribution is 5.77. The minimum atomic E-state index is -0.929. The summed E-state index contributed by atoms with van der Waals surface area (Å²) in [5.41, 5.74) is -0.0270. The van der Waals surface area contributed by atoms with Gasteiger partial charge in [-0.1, -0.05) is 30.3 Å². The number of rotatable bonds is 6. The van der Waals surface area contributed by atoms with Crippen LogP contribution in [0.5, 0.6) is 0 Å². The Balaban J connectivity index is 1.90. The topological polar surface area (TPSA) is 76.1 Å². The minimum Gasteiger partial charge on any atom is -0.481 e. The fraction of sp³-hybridized carbons (Fsp3) is 0.500. The Morgan fingerprint density at radius 1 is 1.32 bits per heavy atom. The molecule has 1 amide bonds. The van der Waals surface area contributed by atoms with Crippen molar-refractivity contribution in [2.24, 2.45) is 5.41 Å². The lowest BCUT2D eigenvalue weighted by Crippen LogP contribution is -2.38. The normalized spacial score (nSPS) is 20.9. The van der Waals surface area contributed by atoms with Gasteiger partial charge in [-0.15, -0.1) is 0 Å². The summed E-state index contributed by atoms with van der Waals surface area (Å²) in [5.74, 6) is -0.886. The maximum Gasteiger partial charge on any atom is 0.410 e. The van der Waals surface area contributed by atoms with Crippen LogP contribution in [0, 0.1) is 5.41 Å². The maximum atomic E-state index is 12.1. The van der Waals surface area contributed by atoms with E-state index in [0.717, 1.165) is 5.56 Å². The Morgan fingerprint density at radius 3 is 2.68 bits per heavy atom. The van der Waals surface area contributed by atoms with E-state index in [4.69, 9.17) is 9.47 Å². The third kappa shape index (κ3) is 3.76. The molecule has 22 heavy (non-hydrogen) atoms. The van der Waals surface area contributed by atoms with E-state index in [0.29, 0.717) is 26.0 Å². The molecule has 120 valence electrons. The van der Waals surface area contributed by atoms with Gasteiger partial charge < -0.3 is 19.5 Å². The predicted octanol–water partition coefficient (Wildman–Crippen LogP) is 2.14. The van der Waals surface area contributed by atoms with Crippen LogP contribution in [0.25, 0.3) is 0 Å². The Hall–Kier alpha value is -2.08. The summed E-state index contributed by atoms with van der Waals surface area (Å²) in [4.78, 5) is 25.1. The summed E-state index contributed by atoms with van der Waals surface area (Å²) >= 11 is 0. The number of benzene rings is 1. The van der Waals surface area contributed by atoms with Crippen molar-refractivity contribution in [1.29, 1.82) is 0 Å². The van der Waals surface area contributed by atoms with Crippen molar-refractivity contribution in [2.75, 3.05) is 26.8 Å². The molecule has 0 aliphatic carbocycles. The van der Waals surface area contributed by atoms with Gasteiger partial charge in [-0.05, 0) is 18.4 Å². The Kier molecular flexibility index (Phi) is 5.38. The van der Waals surface area contributed by atoms with E-state index in [1.165, 1.54) is 12.0 Å². The largest absolute Gasteiger partial charge is 0.481 e. The lowest BCUT2D eigenvalue weighted by molar-refractivity contribution is -0.149. The number of carbonyl (C=O) groups excluding carboxylic acids is 1. The van der Waals surface area contributed by atoms with E-state index in [1.54, 1.807) is 0 Å². The van der Waals surface area contributed by atoms with Gasteiger partial charge in [0.05, 0.1) is 5.41 Å². The number of carbonyl (C=O) groups is 2. The van der Waals surface area contributed by atoms with Gasteiger partial charge in [-0.25, -0.2) is 4.79 Å². The zero-order valence-corrected chi connectivity index (χ0v) is 12.7. The van der Waals surface area contributed by atoms with Gasteiger partial charge in [0.15, 0.2) is 0 Å². The number of carboxylic acid groups (broad SMARTS) is 1. The van der Waals surface area contributed by atoms with Gasteiger partial charge in [0.25, 0.3) is 0 Å². The van der Waals surface area contributed by atoms with Crippen molar-refractivity contribution in [3.63, 3.8) is 0 Å². The molecule has 1 aliphatic rings. The van der Waals surface area contributed by atoms with Crippen LogP contribution in [0.2, 0.25) is 0 Å². The van der Waals surface area contributed by atoms with E-state index in [9.17, 15) is 14.7 Å². The van der Waals surface area contributed by atoms with Gasteiger partial charge in [0, 0.05) is 26.8 Å². The molecule has 6 nitrogen and oxygen atoms in total. The molecular formula is C16H21NO5. The van der Waals surface area contributed by atoms with E-state index in [-0.39, 0.29) is 13.2 Å². The highest BCUT2D eigenvalue weighted by Crippen LogP contribution is 2.34. The lowest BCUT2D eigenvalue weighted by atomic mass is 9.84. The molecule has 1 saturated heterocycles. The first-order chi connectivity index (χ1) is 10.6. The Bertz CT molecular complexity index is 519. The van der Waals surface area contributed by atoms with Crippen LogP contribution in [-0.2, 0) is 20.9 Å². The highest BCUT2D eigenvalue weighted by Gasteiger charge is 2.46. The van der Waals surface area contributed by atoms with Crippen LogP contribution in [0.3, 0.4) is 0 Å². The van der Waals surface area contributed by atoms with Crippen LogP contribution in [0.15, 0.2) is 30.3 Å². The van der Waals surface area contributed by atoms with Gasteiger partial charge in [-0.3, -0.25) is 4.79 Å². The monoisotopic (exact) mass is 307 g/mol. The van der Waals surface area contributed by atoms with E-state index in [1.807, 2.05) is 30.3 Å². The van der Waals surface area contributed by atoms with Crippen molar-refractivity contribution in [3.05, 3.63) is 35.9 Å². The summed E-state index contributed by atoms with van der Waals surface area (Å²) in [6.45, 7) is 1.11. The number of ether oxygens (including phenoxy) is 2. The first-order valence-corrected chi connectivity index (χ1v) is 7.25. The molecule has 1 N–H and O–H groups in total. The smallest absolute Gasteiger partial charge is 0.410 e. The SMILES string of the molecule is COCCC1(C(=O)O)CCN(C(=O)OCc2ccccc2)C1. The average molecular weight is 307 g/mol. The summed E-state index contributed by atoms with van der Waals surface area (Å²) in [6, 6.07) is 9.38. The van der Waals surface area contributed by atoms with E-state index in [2.05, 4.69) is 0 Å². The van der Waals surface area contributed by atoms with Gasteiger partial charge in [-0.2, -0.15) is 0 Å². The van der Waals surface area contributed by atoms with Crippen LogP contribution in [0.4, 0.5) is 4.79 Å². The zero-order chi connectivity index (χ0) is 16.0. The molecule has 0 saturated carbocycles. The summed E-state index contributed by atoms with van der Waals surface area (Å²) in [6.07, 6.45) is 0.345. The van der Waals surface area contributed by atoms with Gasteiger partial charge in [0.2, 0.25) is 0 Å². The predicted molar refractivity (Wildman–Crippen MR) is 79.4 cm³/mol. The fourth-order valence-corrected chi connectivity index (χ4v) is 2.62. The first-order valence-electron chi connectivity index (χ1n) is 7.25. The number of nitrogens with zero attached hydrogens (tertiary/aromatic N) is 1. The average Bonchev–Trinajstić information content (AvgIpc) is 2.97. The Morgan fingerprint density at radius 2 is 2.05 bits per heavy atom. The maximum absolute atomic E-state index is 12.1. The number of methoxy groups -OCH3 is 1. The van der Waals surface area contributed by atoms with Crippen LogP contribution in [-0.4, -0.2) is 48.9 Å². The zero-order valence-electron chi connectivity index (χ0n) is 12.7. The summed E-state index contributed by atoms with van der Waals surface area (Å²) in [5, 5.41) is 9.46. The fourth-order valence-electron chi connectivity index (χ4n) is 2.62. The quantitative estimate of drug-likeness (QED) is 0.871. The number of hydrogen-bond donors (Lipinski definition) is 1. The van der Waals surface area contributed by atoms with Gasteiger partial charge >= 0.3 is 12.1 Å². The number of likely N-dealkylation sites (tertiary alicyclic amines) is 1. The molecular weight excluding hydrogens is 286 g/mol. The molecule has 6 heteroatoms. The molecule has 0 radical (unpaired) electrons. The first kappa shape index (κ1) is 16.3. The number of carboxylic acids is 1. The molecule has 1 aromatic rings. The Labute approximate surface area is 129 Å². The second-order valence-electron chi connectivity index (χ2n) is 5.54. The number of aliphatic carboxylic acids is 1. The van der Waals surface area contributed by atoms with E-state index < -0.39 is 17.5 Å². The number of hydrogen-bond acceptors (Lipinski definition) is 4. The van der Waals surface area contributed by atoms with Gasteiger partial charge in [0.1, 0.15) is 6.61 Å². The van der Waals surface area contributed by atoms with Crippen molar-refractivity contribution >= 4 is 12.1 Å². The van der Waals surface area contributed by atoms with Crippen LogP contribution in [0.1, 0.15) is 18.4 Å². The molecule has 1 fully saturated rings. The molecule has 0 spiro atoms. The number of amides is 1. The second kappa shape index (κ2) is 7.26. The van der Waals surface area contributed by atoms with Crippen molar-refractivity contribution < 1.29 is 24.2 Å². The minimum absolute atomic E-state index is 0.166. The molecule has 0 bridgehead atoms. The molecule has 1 aliphatic heterocycles. The third-order valence-corrected chi connectivity index (χ3v) is 4.06. The molecule has 1 atom stereocenters. The van der Waals surface area contributed by atoms with Crippen molar-refractivity contribution in [3.8, 4) is 0 Å². The van der Waals surface area contributed by atoms with Crippen LogP contribution < -0.4 is 0 Å². The second-order valence-corrected chi connectivity index (χ2v) is 5.54. The van der Waals surface area contributed by atoms with E-state index >= 15 is 0 Å².